The van der Waals surface area contributed by atoms with Crippen LogP contribution in [0.2, 0.25) is 0 Å². The standard InChI is InChI=1S/C24H31N3O4/c1-17(2)14-26-15-20(23(29)25-13-18-7-9-19(31-3)10-8-18)22(28)21(16-26)24(30)27-11-5-4-6-12-27/h7-10,15-17H,4-6,11-14H2,1-3H3,(H,25,29). The Kier molecular flexibility index (Phi) is 7.50. The van der Waals surface area contributed by atoms with E-state index in [9.17, 15) is 14.4 Å². The van der Waals surface area contributed by atoms with Gasteiger partial charge in [0.15, 0.2) is 0 Å². The highest BCUT2D eigenvalue weighted by molar-refractivity contribution is 5.99. The second-order valence-electron chi connectivity index (χ2n) is 8.39. The Hall–Kier alpha value is -3.09. The van der Waals surface area contributed by atoms with Crippen molar-refractivity contribution in [1.82, 2.24) is 14.8 Å². The van der Waals surface area contributed by atoms with Gasteiger partial charge in [-0.1, -0.05) is 26.0 Å². The van der Waals surface area contributed by atoms with Crippen LogP contribution in [-0.2, 0) is 13.1 Å². The van der Waals surface area contributed by atoms with Crippen LogP contribution in [0.25, 0.3) is 0 Å². The van der Waals surface area contributed by atoms with E-state index in [1.165, 1.54) is 0 Å². The summed E-state index contributed by atoms with van der Waals surface area (Å²) >= 11 is 0. The fourth-order valence-electron chi connectivity index (χ4n) is 3.76. The molecule has 1 aliphatic heterocycles. The molecule has 1 N–H and O–H groups in total. The minimum Gasteiger partial charge on any atom is -0.497 e. The summed E-state index contributed by atoms with van der Waals surface area (Å²) < 4.78 is 6.93. The molecule has 3 rings (SSSR count). The number of benzene rings is 1. The number of nitrogens with zero attached hydrogens (tertiary/aromatic N) is 2. The number of amides is 2. The molecule has 166 valence electrons. The first-order valence-corrected chi connectivity index (χ1v) is 10.8. The lowest BCUT2D eigenvalue weighted by molar-refractivity contribution is 0.0722. The SMILES string of the molecule is COc1ccc(CNC(=O)c2cn(CC(C)C)cc(C(=O)N3CCCCC3)c2=O)cc1. The molecule has 1 aromatic heterocycles. The summed E-state index contributed by atoms with van der Waals surface area (Å²) in [7, 11) is 1.59. The Morgan fingerprint density at radius 2 is 1.68 bits per heavy atom. The highest BCUT2D eigenvalue weighted by Crippen LogP contribution is 2.14. The van der Waals surface area contributed by atoms with E-state index in [4.69, 9.17) is 4.74 Å². The van der Waals surface area contributed by atoms with Crippen LogP contribution in [0.15, 0.2) is 41.5 Å². The molecule has 0 atom stereocenters. The first kappa shape index (κ1) is 22.6. The summed E-state index contributed by atoms with van der Waals surface area (Å²) in [5.74, 6) is 0.268. The van der Waals surface area contributed by atoms with E-state index in [1.54, 1.807) is 29.0 Å². The van der Waals surface area contributed by atoms with Crippen molar-refractivity contribution in [3.8, 4) is 5.75 Å². The summed E-state index contributed by atoms with van der Waals surface area (Å²) in [5.41, 5.74) is 0.441. The smallest absolute Gasteiger partial charge is 0.259 e. The lowest BCUT2D eigenvalue weighted by atomic mass is 10.1. The van der Waals surface area contributed by atoms with Crippen LogP contribution < -0.4 is 15.5 Å². The van der Waals surface area contributed by atoms with E-state index in [0.29, 0.717) is 25.6 Å². The maximum atomic E-state index is 13.1. The normalized spacial score (nSPS) is 13.9. The summed E-state index contributed by atoms with van der Waals surface area (Å²) in [4.78, 5) is 40.7. The van der Waals surface area contributed by atoms with E-state index in [1.807, 2.05) is 38.1 Å². The lowest BCUT2D eigenvalue weighted by Crippen LogP contribution is -2.40. The zero-order valence-electron chi connectivity index (χ0n) is 18.5. The molecule has 1 aromatic carbocycles. The molecule has 0 aliphatic carbocycles. The van der Waals surface area contributed by atoms with E-state index in [0.717, 1.165) is 30.6 Å². The van der Waals surface area contributed by atoms with Crippen molar-refractivity contribution >= 4 is 11.8 Å². The number of carbonyl (C=O) groups is 2. The molecule has 1 fully saturated rings. The zero-order valence-corrected chi connectivity index (χ0v) is 18.5. The molecule has 0 saturated carbocycles. The fraction of sp³-hybridized carbons (Fsp3) is 0.458. The van der Waals surface area contributed by atoms with Gasteiger partial charge in [0.25, 0.3) is 11.8 Å². The van der Waals surface area contributed by atoms with Crippen LogP contribution >= 0.6 is 0 Å². The number of hydrogen-bond donors (Lipinski definition) is 1. The fourth-order valence-corrected chi connectivity index (χ4v) is 3.76. The van der Waals surface area contributed by atoms with E-state index in [-0.39, 0.29) is 23.6 Å². The maximum absolute atomic E-state index is 13.1. The number of hydrogen-bond acceptors (Lipinski definition) is 4. The van der Waals surface area contributed by atoms with Gasteiger partial charge in [0, 0.05) is 38.6 Å². The van der Waals surface area contributed by atoms with Gasteiger partial charge in [0.1, 0.15) is 16.9 Å². The molecule has 2 amide bonds. The third-order valence-electron chi connectivity index (χ3n) is 5.39. The molecule has 0 unspecified atom stereocenters. The van der Waals surface area contributed by atoms with Gasteiger partial charge < -0.3 is 19.5 Å². The van der Waals surface area contributed by atoms with Crippen molar-refractivity contribution in [1.29, 1.82) is 0 Å². The number of nitrogens with one attached hydrogen (secondary N) is 1. The molecule has 7 nitrogen and oxygen atoms in total. The number of piperidine rings is 1. The number of aromatic nitrogens is 1. The van der Waals surface area contributed by atoms with Gasteiger partial charge in [0.05, 0.1) is 7.11 Å². The second kappa shape index (κ2) is 10.3. The predicted molar refractivity (Wildman–Crippen MR) is 119 cm³/mol. The number of pyridine rings is 1. The number of methoxy groups -OCH3 is 1. The first-order chi connectivity index (χ1) is 14.9. The summed E-state index contributed by atoms with van der Waals surface area (Å²) in [6.45, 7) is 6.28. The number of carbonyl (C=O) groups excluding carboxylic acids is 2. The number of likely N-dealkylation sites (tertiary alicyclic amines) is 1. The average molecular weight is 426 g/mol. The number of rotatable bonds is 7. The van der Waals surface area contributed by atoms with E-state index < -0.39 is 11.3 Å². The van der Waals surface area contributed by atoms with Crippen molar-refractivity contribution in [3.63, 3.8) is 0 Å². The van der Waals surface area contributed by atoms with Crippen LogP contribution in [-0.4, -0.2) is 41.5 Å². The third-order valence-corrected chi connectivity index (χ3v) is 5.39. The van der Waals surface area contributed by atoms with Crippen LogP contribution in [0.1, 0.15) is 59.4 Å². The molecule has 0 bridgehead atoms. The first-order valence-electron chi connectivity index (χ1n) is 10.8. The Bertz CT molecular complexity index is 973. The van der Waals surface area contributed by atoms with Crippen molar-refractivity contribution in [2.24, 2.45) is 5.92 Å². The third kappa shape index (κ3) is 5.75. The highest BCUT2D eigenvalue weighted by atomic mass is 16.5. The molecular formula is C24H31N3O4. The second-order valence-corrected chi connectivity index (χ2v) is 8.39. The molecule has 0 radical (unpaired) electrons. The van der Waals surface area contributed by atoms with Gasteiger partial charge in [-0.05, 0) is 42.9 Å². The topological polar surface area (TPSA) is 80.6 Å². The lowest BCUT2D eigenvalue weighted by Gasteiger charge is -2.27. The predicted octanol–water partition coefficient (Wildman–Crippen LogP) is 3.07. The van der Waals surface area contributed by atoms with E-state index in [2.05, 4.69) is 5.32 Å². The molecule has 1 saturated heterocycles. The van der Waals surface area contributed by atoms with Gasteiger partial charge >= 0.3 is 0 Å². The Balaban J connectivity index is 1.85. The largest absolute Gasteiger partial charge is 0.497 e. The van der Waals surface area contributed by atoms with Crippen LogP contribution in [0.5, 0.6) is 5.75 Å². The Morgan fingerprint density at radius 3 is 2.29 bits per heavy atom. The molecular weight excluding hydrogens is 394 g/mol. The molecule has 2 heterocycles. The van der Waals surface area contributed by atoms with Crippen molar-refractivity contribution in [2.75, 3.05) is 20.2 Å². The minimum absolute atomic E-state index is 0.00276. The van der Waals surface area contributed by atoms with Crippen LogP contribution in [0.4, 0.5) is 0 Å². The van der Waals surface area contributed by atoms with Gasteiger partial charge in [-0.25, -0.2) is 0 Å². The molecule has 0 spiro atoms. The molecule has 1 aliphatic rings. The average Bonchev–Trinajstić information content (AvgIpc) is 2.78. The van der Waals surface area contributed by atoms with Gasteiger partial charge in [-0.3, -0.25) is 14.4 Å². The quantitative estimate of drug-likeness (QED) is 0.739. The van der Waals surface area contributed by atoms with Gasteiger partial charge in [-0.2, -0.15) is 0 Å². The molecule has 31 heavy (non-hydrogen) atoms. The zero-order chi connectivity index (χ0) is 22.4. The van der Waals surface area contributed by atoms with Crippen LogP contribution in [0.3, 0.4) is 0 Å². The Labute approximate surface area is 183 Å². The summed E-state index contributed by atoms with van der Waals surface area (Å²) in [6, 6.07) is 7.34. The van der Waals surface area contributed by atoms with Gasteiger partial charge in [0.2, 0.25) is 5.43 Å². The monoisotopic (exact) mass is 425 g/mol. The Morgan fingerprint density at radius 1 is 1.03 bits per heavy atom. The van der Waals surface area contributed by atoms with Gasteiger partial charge in [-0.15, -0.1) is 0 Å². The van der Waals surface area contributed by atoms with Crippen LogP contribution in [0, 0.1) is 5.92 Å². The minimum atomic E-state index is -0.511. The van der Waals surface area contributed by atoms with Crippen molar-refractivity contribution < 1.29 is 14.3 Å². The van der Waals surface area contributed by atoms with Crippen molar-refractivity contribution in [2.45, 2.75) is 46.2 Å². The van der Waals surface area contributed by atoms with E-state index >= 15 is 0 Å². The number of ether oxygens (including phenoxy) is 1. The molecule has 7 heteroatoms. The van der Waals surface area contributed by atoms with Crippen molar-refractivity contribution in [3.05, 3.63) is 63.6 Å². The summed E-state index contributed by atoms with van der Waals surface area (Å²) in [5, 5.41) is 2.80. The highest BCUT2D eigenvalue weighted by Gasteiger charge is 2.24. The maximum Gasteiger partial charge on any atom is 0.259 e. The molecule has 2 aromatic rings. The summed E-state index contributed by atoms with van der Waals surface area (Å²) in [6.07, 6.45) is 6.12.